The number of phenols is 1. The zero-order valence-corrected chi connectivity index (χ0v) is 8.93. The molecule has 0 saturated carbocycles. The number of hydrogen-bond donors (Lipinski definition) is 2. The van der Waals surface area contributed by atoms with Gasteiger partial charge in [0.1, 0.15) is 5.75 Å². The number of rotatable bonds is 3. The van der Waals surface area contributed by atoms with Gasteiger partial charge in [-0.3, -0.25) is 0 Å². The molecular weight excluding hydrogens is 202 g/mol. The topological polar surface area (TPSA) is 66.4 Å². The van der Waals surface area contributed by atoms with Crippen LogP contribution in [-0.2, 0) is 15.8 Å². The van der Waals surface area contributed by atoms with Crippen LogP contribution in [0.2, 0.25) is 0 Å². The molecule has 0 saturated heterocycles. The predicted octanol–water partition coefficient (Wildman–Crippen LogP) is 0.750. The number of hydrogen-bond acceptors (Lipinski definition) is 3. The fourth-order valence-electron chi connectivity index (χ4n) is 1.09. The van der Waals surface area contributed by atoms with E-state index >= 15 is 0 Å². The Morgan fingerprint density at radius 2 is 2.07 bits per heavy atom. The van der Waals surface area contributed by atoms with Crippen molar-refractivity contribution in [3.8, 4) is 5.75 Å². The van der Waals surface area contributed by atoms with Crippen LogP contribution in [0.15, 0.2) is 18.2 Å². The van der Waals surface area contributed by atoms with Crippen molar-refractivity contribution in [1.29, 1.82) is 0 Å². The van der Waals surface area contributed by atoms with E-state index in [4.69, 9.17) is 0 Å². The zero-order chi connectivity index (χ0) is 10.8. The predicted molar refractivity (Wildman–Crippen MR) is 54.5 cm³/mol. The summed E-state index contributed by atoms with van der Waals surface area (Å²) in [6.45, 7) is 1.81. The first-order valence-corrected chi connectivity index (χ1v) is 5.79. The van der Waals surface area contributed by atoms with E-state index in [-0.39, 0.29) is 11.5 Å². The molecule has 0 aliphatic carbocycles. The van der Waals surface area contributed by atoms with Crippen LogP contribution in [0.25, 0.3) is 0 Å². The minimum absolute atomic E-state index is 0.0805. The highest BCUT2D eigenvalue weighted by atomic mass is 32.2. The molecule has 0 unspecified atom stereocenters. The molecule has 0 aliphatic heterocycles. The third kappa shape index (κ3) is 2.71. The van der Waals surface area contributed by atoms with Crippen LogP contribution in [0.5, 0.6) is 5.75 Å². The van der Waals surface area contributed by atoms with E-state index in [1.165, 1.54) is 19.2 Å². The van der Waals surface area contributed by atoms with Crippen molar-refractivity contribution in [3.05, 3.63) is 29.3 Å². The summed E-state index contributed by atoms with van der Waals surface area (Å²) >= 11 is 0. The molecular formula is C9H13NO3S. The second kappa shape index (κ2) is 3.98. The van der Waals surface area contributed by atoms with Gasteiger partial charge in [-0.25, -0.2) is 13.1 Å². The Morgan fingerprint density at radius 1 is 1.43 bits per heavy atom. The first-order chi connectivity index (χ1) is 6.44. The van der Waals surface area contributed by atoms with Crippen LogP contribution in [-0.4, -0.2) is 20.6 Å². The largest absolute Gasteiger partial charge is 0.508 e. The van der Waals surface area contributed by atoms with Gasteiger partial charge >= 0.3 is 0 Å². The number of nitrogens with one attached hydrogen (secondary N) is 1. The van der Waals surface area contributed by atoms with Crippen molar-refractivity contribution >= 4 is 10.0 Å². The Morgan fingerprint density at radius 3 is 2.64 bits per heavy atom. The maximum atomic E-state index is 11.2. The Labute approximate surface area is 83.6 Å². The molecule has 0 spiro atoms. The molecule has 0 aliphatic rings. The number of phenolic OH excluding ortho intramolecular Hbond substituents is 1. The van der Waals surface area contributed by atoms with Gasteiger partial charge in [0.2, 0.25) is 10.0 Å². The van der Waals surface area contributed by atoms with Crippen molar-refractivity contribution in [2.45, 2.75) is 12.7 Å². The second-order valence-electron chi connectivity index (χ2n) is 3.07. The van der Waals surface area contributed by atoms with Crippen LogP contribution >= 0.6 is 0 Å². The Balaban J connectivity index is 3.03. The van der Waals surface area contributed by atoms with Gasteiger partial charge in [-0.15, -0.1) is 0 Å². The first kappa shape index (κ1) is 11.0. The third-order valence-electron chi connectivity index (χ3n) is 1.99. The second-order valence-corrected chi connectivity index (χ2v) is 5.00. The molecule has 14 heavy (non-hydrogen) atoms. The fourth-order valence-corrected chi connectivity index (χ4v) is 1.96. The first-order valence-electron chi connectivity index (χ1n) is 4.14. The van der Waals surface area contributed by atoms with Crippen molar-refractivity contribution in [2.24, 2.45) is 0 Å². The number of aromatic hydroxyl groups is 1. The van der Waals surface area contributed by atoms with Crippen molar-refractivity contribution in [3.63, 3.8) is 0 Å². The minimum Gasteiger partial charge on any atom is -0.508 e. The van der Waals surface area contributed by atoms with Gasteiger partial charge in [0.05, 0.1) is 5.75 Å². The van der Waals surface area contributed by atoms with E-state index in [0.29, 0.717) is 5.56 Å². The lowest BCUT2D eigenvalue weighted by atomic mass is 10.1. The average Bonchev–Trinajstić information content (AvgIpc) is 2.11. The van der Waals surface area contributed by atoms with E-state index in [1.54, 1.807) is 13.0 Å². The number of benzene rings is 1. The van der Waals surface area contributed by atoms with Crippen LogP contribution in [0.1, 0.15) is 11.1 Å². The smallest absolute Gasteiger partial charge is 0.215 e. The maximum absolute atomic E-state index is 11.2. The van der Waals surface area contributed by atoms with Crippen LogP contribution in [0, 0.1) is 6.92 Å². The van der Waals surface area contributed by atoms with Gasteiger partial charge in [-0.1, -0.05) is 6.07 Å². The molecule has 0 aromatic heterocycles. The molecule has 4 nitrogen and oxygen atoms in total. The van der Waals surface area contributed by atoms with Crippen LogP contribution in [0.4, 0.5) is 0 Å². The molecule has 2 N–H and O–H groups in total. The molecule has 1 rings (SSSR count). The van der Waals surface area contributed by atoms with E-state index < -0.39 is 10.0 Å². The molecule has 0 heterocycles. The van der Waals surface area contributed by atoms with Gasteiger partial charge in [0, 0.05) is 0 Å². The quantitative estimate of drug-likeness (QED) is 0.782. The van der Waals surface area contributed by atoms with Crippen LogP contribution < -0.4 is 4.72 Å². The van der Waals surface area contributed by atoms with Gasteiger partial charge < -0.3 is 5.11 Å². The average molecular weight is 215 g/mol. The molecule has 0 atom stereocenters. The Bertz CT molecular complexity index is 426. The van der Waals surface area contributed by atoms with Gasteiger partial charge in [-0.2, -0.15) is 0 Å². The number of sulfonamides is 1. The standard InChI is InChI=1S/C9H13NO3S/c1-7-3-4-9(11)5-8(7)6-14(12,13)10-2/h3-5,10-11H,6H2,1-2H3. The van der Waals surface area contributed by atoms with Gasteiger partial charge in [0.15, 0.2) is 0 Å². The third-order valence-corrected chi connectivity index (χ3v) is 3.30. The Hall–Kier alpha value is -1.07. The van der Waals surface area contributed by atoms with Crippen molar-refractivity contribution in [2.75, 3.05) is 7.05 Å². The normalized spacial score (nSPS) is 11.6. The Kier molecular flexibility index (Phi) is 3.13. The number of aryl methyl sites for hydroxylation is 1. The lowest BCUT2D eigenvalue weighted by molar-refractivity contribution is 0.474. The summed E-state index contributed by atoms with van der Waals surface area (Å²) in [6, 6.07) is 4.69. The summed E-state index contributed by atoms with van der Waals surface area (Å²) in [5.41, 5.74) is 1.46. The maximum Gasteiger partial charge on any atom is 0.215 e. The SMILES string of the molecule is CNS(=O)(=O)Cc1cc(O)ccc1C. The summed E-state index contributed by atoms with van der Waals surface area (Å²) in [4.78, 5) is 0. The minimum atomic E-state index is -3.27. The van der Waals surface area contributed by atoms with Gasteiger partial charge in [-0.05, 0) is 37.2 Å². The molecule has 0 fully saturated rings. The highest BCUT2D eigenvalue weighted by Gasteiger charge is 2.10. The molecule has 1 aromatic carbocycles. The lowest BCUT2D eigenvalue weighted by Gasteiger charge is -2.06. The van der Waals surface area contributed by atoms with Gasteiger partial charge in [0.25, 0.3) is 0 Å². The monoisotopic (exact) mass is 215 g/mol. The van der Waals surface area contributed by atoms with E-state index in [0.717, 1.165) is 5.56 Å². The molecule has 0 amide bonds. The molecule has 5 heteroatoms. The summed E-state index contributed by atoms with van der Waals surface area (Å²) in [7, 11) is -1.90. The van der Waals surface area contributed by atoms with Crippen molar-refractivity contribution in [1.82, 2.24) is 4.72 Å². The lowest BCUT2D eigenvalue weighted by Crippen LogP contribution is -2.20. The van der Waals surface area contributed by atoms with Crippen LogP contribution in [0.3, 0.4) is 0 Å². The van der Waals surface area contributed by atoms with E-state index in [2.05, 4.69) is 4.72 Å². The summed E-state index contributed by atoms with van der Waals surface area (Å²) in [5, 5.41) is 9.19. The summed E-state index contributed by atoms with van der Waals surface area (Å²) in [6.07, 6.45) is 0. The zero-order valence-electron chi connectivity index (χ0n) is 8.11. The molecule has 0 bridgehead atoms. The summed E-state index contributed by atoms with van der Waals surface area (Å²) in [5.74, 6) is -0.0269. The molecule has 78 valence electrons. The molecule has 1 aromatic rings. The fraction of sp³-hybridized carbons (Fsp3) is 0.333. The highest BCUT2D eigenvalue weighted by Crippen LogP contribution is 2.17. The highest BCUT2D eigenvalue weighted by molar-refractivity contribution is 7.88. The molecule has 0 radical (unpaired) electrons. The van der Waals surface area contributed by atoms with Crippen molar-refractivity contribution < 1.29 is 13.5 Å². The van der Waals surface area contributed by atoms with E-state index in [9.17, 15) is 13.5 Å². The summed E-state index contributed by atoms with van der Waals surface area (Å²) < 4.78 is 24.7. The van der Waals surface area contributed by atoms with E-state index in [1.807, 2.05) is 0 Å².